The monoisotopic (exact) mass is 326 g/mol. The zero-order chi connectivity index (χ0) is 16.8. The molecule has 0 aliphatic heterocycles. The molecule has 5 aromatic rings. The van der Waals surface area contributed by atoms with Gasteiger partial charge in [-0.2, -0.15) is 5.10 Å². The molecule has 6 nitrogen and oxygen atoms in total. The smallest absolute Gasteiger partial charge is 0.135 e. The van der Waals surface area contributed by atoms with Crippen LogP contribution < -0.4 is 0 Å². The van der Waals surface area contributed by atoms with Crippen molar-refractivity contribution in [2.24, 2.45) is 0 Å². The standard InChI is InChI=1S/C19H14N6/c1-11-4-6-20-9-13(11)14-2-3-15-18(23-14)19(25-24-15)16-8-12-5-7-21-10-17(12)22-16/h2-10,22H,1H3,(H,24,25). The van der Waals surface area contributed by atoms with E-state index in [4.69, 9.17) is 4.98 Å². The van der Waals surface area contributed by atoms with Crippen molar-refractivity contribution in [2.45, 2.75) is 6.92 Å². The number of hydrogen-bond donors (Lipinski definition) is 2. The van der Waals surface area contributed by atoms with Crippen LogP contribution in [-0.2, 0) is 0 Å². The first-order valence-electron chi connectivity index (χ1n) is 7.99. The van der Waals surface area contributed by atoms with E-state index < -0.39 is 0 Å². The molecule has 2 N–H and O–H groups in total. The molecule has 0 aliphatic carbocycles. The Hall–Kier alpha value is -3.54. The van der Waals surface area contributed by atoms with Gasteiger partial charge in [-0.1, -0.05) is 0 Å². The quantitative estimate of drug-likeness (QED) is 0.516. The largest absolute Gasteiger partial charge is 0.352 e. The highest BCUT2D eigenvalue weighted by molar-refractivity contribution is 5.94. The Kier molecular flexibility index (Phi) is 2.90. The number of aromatic nitrogens is 6. The molecule has 0 aliphatic rings. The molecular formula is C19H14N6. The molecule has 0 saturated carbocycles. The van der Waals surface area contributed by atoms with Crippen LogP contribution in [0.1, 0.15) is 5.56 Å². The molecule has 25 heavy (non-hydrogen) atoms. The van der Waals surface area contributed by atoms with Crippen LogP contribution in [-0.4, -0.2) is 30.1 Å². The first-order chi connectivity index (χ1) is 12.3. The van der Waals surface area contributed by atoms with Gasteiger partial charge in [-0.3, -0.25) is 15.1 Å². The second-order valence-corrected chi connectivity index (χ2v) is 6.00. The number of fused-ring (bicyclic) bond motifs is 2. The van der Waals surface area contributed by atoms with Crippen LogP contribution in [0.5, 0.6) is 0 Å². The summed E-state index contributed by atoms with van der Waals surface area (Å²) in [5.41, 5.74) is 7.49. The Morgan fingerprint density at radius 1 is 0.920 bits per heavy atom. The average molecular weight is 326 g/mol. The van der Waals surface area contributed by atoms with Crippen molar-refractivity contribution in [3.05, 3.63) is 60.7 Å². The van der Waals surface area contributed by atoms with Gasteiger partial charge in [-0.05, 0) is 42.8 Å². The Bertz CT molecular complexity index is 1180. The third-order valence-electron chi connectivity index (χ3n) is 4.40. The second-order valence-electron chi connectivity index (χ2n) is 6.00. The van der Waals surface area contributed by atoms with Crippen LogP contribution >= 0.6 is 0 Å². The number of rotatable bonds is 2. The fourth-order valence-electron chi connectivity index (χ4n) is 3.07. The third kappa shape index (κ3) is 2.19. The highest BCUT2D eigenvalue weighted by Crippen LogP contribution is 2.29. The van der Waals surface area contributed by atoms with Gasteiger partial charge in [0.1, 0.15) is 11.2 Å². The maximum absolute atomic E-state index is 4.84. The third-order valence-corrected chi connectivity index (χ3v) is 4.40. The molecule has 5 rings (SSSR count). The highest BCUT2D eigenvalue weighted by atomic mass is 15.1. The summed E-state index contributed by atoms with van der Waals surface area (Å²) in [4.78, 5) is 16.6. The SMILES string of the molecule is Cc1ccncc1-c1ccc2[nH]nc(-c3cc4ccncc4[nH]3)c2n1. The Balaban J connectivity index is 1.71. The van der Waals surface area contributed by atoms with Crippen molar-refractivity contribution in [2.75, 3.05) is 0 Å². The van der Waals surface area contributed by atoms with Crippen LogP contribution in [0.3, 0.4) is 0 Å². The lowest BCUT2D eigenvalue weighted by Crippen LogP contribution is -1.89. The van der Waals surface area contributed by atoms with E-state index in [0.717, 1.165) is 50.1 Å². The molecule has 0 radical (unpaired) electrons. The molecule has 0 spiro atoms. The minimum atomic E-state index is 0.801. The summed E-state index contributed by atoms with van der Waals surface area (Å²) < 4.78 is 0. The van der Waals surface area contributed by atoms with E-state index in [1.165, 1.54) is 0 Å². The summed E-state index contributed by atoms with van der Waals surface area (Å²) >= 11 is 0. The summed E-state index contributed by atoms with van der Waals surface area (Å²) in [5.74, 6) is 0. The summed E-state index contributed by atoms with van der Waals surface area (Å²) in [6.45, 7) is 2.06. The minimum Gasteiger partial charge on any atom is -0.352 e. The molecule has 0 bridgehead atoms. The van der Waals surface area contributed by atoms with E-state index in [9.17, 15) is 0 Å². The van der Waals surface area contributed by atoms with Crippen LogP contribution in [0.15, 0.2) is 55.1 Å². The number of nitrogens with one attached hydrogen (secondary N) is 2. The van der Waals surface area contributed by atoms with E-state index in [-0.39, 0.29) is 0 Å². The molecule has 0 saturated heterocycles. The number of aromatic amines is 2. The van der Waals surface area contributed by atoms with Crippen LogP contribution in [0.2, 0.25) is 0 Å². The zero-order valence-electron chi connectivity index (χ0n) is 13.5. The summed E-state index contributed by atoms with van der Waals surface area (Å²) in [5, 5.41) is 8.62. The van der Waals surface area contributed by atoms with Gasteiger partial charge < -0.3 is 4.98 Å². The van der Waals surface area contributed by atoms with Gasteiger partial charge >= 0.3 is 0 Å². The van der Waals surface area contributed by atoms with Crippen molar-refractivity contribution in [1.29, 1.82) is 0 Å². The van der Waals surface area contributed by atoms with Gasteiger partial charge in [0.25, 0.3) is 0 Å². The normalized spacial score (nSPS) is 11.4. The molecule has 6 heteroatoms. The number of nitrogens with zero attached hydrogens (tertiary/aromatic N) is 4. The predicted molar refractivity (Wildman–Crippen MR) is 96.9 cm³/mol. The predicted octanol–water partition coefficient (Wildman–Crippen LogP) is 3.87. The number of aryl methyl sites for hydroxylation is 1. The van der Waals surface area contributed by atoms with Crippen LogP contribution in [0.25, 0.3) is 44.6 Å². The van der Waals surface area contributed by atoms with E-state index in [2.05, 4.69) is 38.1 Å². The lowest BCUT2D eigenvalue weighted by Gasteiger charge is -2.04. The molecule has 0 unspecified atom stereocenters. The maximum atomic E-state index is 4.84. The van der Waals surface area contributed by atoms with Gasteiger partial charge in [0.2, 0.25) is 0 Å². The summed E-state index contributed by atoms with van der Waals surface area (Å²) in [7, 11) is 0. The molecule has 120 valence electrons. The number of H-pyrrole nitrogens is 2. The van der Waals surface area contributed by atoms with Gasteiger partial charge in [0.05, 0.1) is 28.6 Å². The molecule has 0 atom stereocenters. The van der Waals surface area contributed by atoms with Gasteiger partial charge in [0.15, 0.2) is 0 Å². The molecule has 5 aromatic heterocycles. The van der Waals surface area contributed by atoms with Gasteiger partial charge in [-0.15, -0.1) is 0 Å². The molecule has 0 fully saturated rings. The lowest BCUT2D eigenvalue weighted by atomic mass is 10.1. The highest BCUT2D eigenvalue weighted by Gasteiger charge is 2.14. The summed E-state index contributed by atoms with van der Waals surface area (Å²) in [6.07, 6.45) is 7.23. The van der Waals surface area contributed by atoms with Crippen molar-refractivity contribution in [3.63, 3.8) is 0 Å². The first-order valence-corrected chi connectivity index (χ1v) is 7.99. The fourth-order valence-corrected chi connectivity index (χ4v) is 3.07. The molecule has 0 amide bonds. The van der Waals surface area contributed by atoms with Crippen molar-refractivity contribution < 1.29 is 0 Å². The maximum Gasteiger partial charge on any atom is 0.135 e. The zero-order valence-corrected chi connectivity index (χ0v) is 13.5. The van der Waals surface area contributed by atoms with Gasteiger partial charge in [-0.25, -0.2) is 4.98 Å². The average Bonchev–Trinajstić information content (AvgIpc) is 3.25. The minimum absolute atomic E-state index is 0.801. The Morgan fingerprint density at radius 3 is 2.68 bits per heavy atom. The van der Waals surface area contributed by atoms with Crippen molar-refractivity contribution in [3.8, 4) is 22.6 Å². The molecule has 0 aromatic carbocycles. The van der Waals surface area contributed by atoms with E-state index in [1.54, 1.807) is 12.4 Å². The van der Waals surface area contributed by atoms with E-state index in [1.807, 2.05) is 36.7 Å². The Labute approximate surface area is 143 Å². The van der Waals surface area contributed by atoms with E-state index in [0.29, 0.717) is 0 Å². The fraction of sp³-hybridized carbons (Fsp3) is 0.0526. The number of hydrogen-bond acceptors (Lipinski definition) is 4. The van der Waals surface area contributed by atoms with Crippen LogP contribution in [0.4, 0.5) is 0 Å². The van der Waals surface area contributed by atoms with Crippen molar-refractivity contribution >= 4 is 21.9 Å². The molecular weight excluding hydrogens is 312 g/mol. The van der Waals surface area contributed by atoms with E-state index >= 15 is 0 Å². The lowest BCUT2D eigenvalue weighted by molar-refractivity contribution is 1.12. The van der Waals surface area contributed by atoms with Gasteiger partial charge in [0, 0.05) is 29.5 Å². The Morgan fingerprint density at radius 2 is 1.80 bits per heavy atom. The summed E-state index contributed by atoms with van der Waals surface area (Å²) in [6, 6.07) is 10.0. The first kappa shape index (κ1) is 13.9. The topological polar surface area (TPSA) is 83.1 Å². The second kappa shape index (κ2) is 5.24. The number of pyridine rings is 3. The van der Waals surface area contributed by atoms with Crippen molar-refractivity contribution in [1.82, 2.24) is 30.1 Å². The molecule has 5 heterocycles. The van der Waals surface area contributed by atoms with Crippen LogP contribution in [0, 0.1) is 6.92 Å².